The molecule has 0 saturated heterocycles. The number of nitrogens with one attached hydrogen (secondary N) is 2. The van der Waals surface area contributed by atoms with Gasteiger partial charge in [0.1, 0.15) is 23.1 Å². The average Bonchev–Trinajstić information content (AvgIpc) is 2.96. The number of benzene rings is 1. The van der Waals surface area contributed by atoms with E-state index in [2.05, 4.69) is 21.4 Å². The highest BCUT2D eigenvalue weighted by Crippen LogP contribution is 2.32. The Kier molecular flexibility index (Phi) is 3.70. The molecular weight excluding hydrogens is 303 g/mol. The molecule has 0 aliphatic heterocycles. The first kappa shape index (κ1) is 14.4. The molecular formula is C16H12ClFN4. The van der Waals surface area contributed by atoms with Gasteiger partial charge in [-0.15, -0.1) is 0 Å². The molecule has 1 atom stereocenters. The molecule has 2 aromatic heterocycles. The highest BCUT2D eigenvalue weighted by Gasteiger charge is 2.17. The molecule has 1 aromatic carbocycles. The average molecular weight is 315 g/mol. The van der Waals surface area contributed by atoms with Crippen molar-refractivity contribution in [2.24, 2.45) is 0 Å². The highest BCUT2D eigenvalue weighted by molar-refractivity contribution is 6.31. The molecule has 0 fully saturated rings. The first-order valence-electron chi connectivity index (χ1n) is 6.69. The van der Waals surface area contributed by atoms with Gasteiger partial charge in [-0.05, 0) is 30.7 Å². The number of nitriles is 1. The van der Waals surface area contributed by atoms with Crippen molar-refractivity contribution in [2.45, 2.75) is 13.0 Å². The predicted molar refractivity (Wildman–Crippen MR) is 84.3 cm³/mol. The zero-order chi connectivity index (χ0) is 15.7. The summed E-state index contributed by atoms with van der Waals surface area (Å²) in [5.41, 5.74) is 2.43. The van der Waals surface area contributed by atoms with Gasteiger partial charge in [0, 0.05) is 17.6 Å². The van der Waals surface area contributed by atoms with Crippen LogP contribution in [0, 0.1) is 17.1 Å². The van der Waals surface area contributed by atoms with Crippen molar-refractivity contribution in [3.63, 3.8) is 0 Å². The number of aromatic amines is 1. The first-order chi connectivity index (χ1) is 10.6. The van der Waals surface area contributed by atoms with Crippen molar-refractivity contribution in [3.05, 3.63) is 58.6 Å². The molecule has 3 rings (SSSR count). The van der Waals surface area contributed by atoms with Crippen molar-refractivity contribution in [2.75, 3.05) is 5.32 Å². The van der Waals surface area contributed by atoms with E-state index in [1.54, 1.807) is 18.3 Å². The van der Waals surface area contributed by atoms with E-state index in [4.69, 9.17) is 11.6 Å². The van der Waals surface area contributed by atoms with Gasteiger partial charge in [-0.25, -0.2) is 9.37 Å². The molecule has 0 spiro atoms. The van der Waals surface area contributed by atoms with E-state index < -0.39 is 0 Å². The summed E-state index contributed by atoms with van der Waals surface area (Å²) in [6.07, 6.45) is 1.74. The van der Waals surface area contributed by atoms with E-state index in [0.717, 1.165) is 10.9 Å². The van der Waals surface area contributed by atoms with Crippen LogP contribution >= 0.6 is 11.6 Å². The Morgan fingerprint density at radius 2 is 2.05 bits per heavy atom. The molecule has 0 amide bonds. The SMILES string of the molecule is C[C@H](Nc1c(C#N)c(Cl)nc2[nH]ccc12)c1ccc(F)cc1. The Bertz CT molecular complexity index is 864. The summed E-state index contributed by atoms with van der Waals surface area (Å²) >= 11 is 6.07. The van der Waals surface area contributed by atoms with Crippen LogP contribution in [0.15, 0.2) is 36.5 Å². The molecule has 0 aliphatic rings. The number of H-pyrrole nitrogens is 1. The monoisotopic (exact) mass is 314 g/mol. The maximum atomic E-state index is 13.0. The molecule has 0 saturated carbocycles. The van der Waals surface area contributed by atoms with Gasteiger partial charge in [-0.2, -0.15) is 5.26 Å². The van der Waals surface area contributed by atoms with Crippen LogP contribution in [0.5, 0.6) is 0 Å². The molecule has 0 aliphatic carbocycles. The largest absolute Gasteiger partial charge is 0.377 e. The predicted octanol–water partition coefficient (Wildman–Crippen LogP) is 4.40. The minimum absolute atomic E-state index is 0.121. The van der Waals surface area contributed by atoms with Gasteiger partial charge >= 0.3 is 0 Å². The smallest absolute Gasteiger partial charge is 0.151 e. The topological polar surface area (TPSA) is 64.5 Å². The lowest BCUT2D eigenvalue weighted by molar-refractivity contribution is 0.626. The number of hydrogen-bond donors (Lipinski definition) is 2. The summed E-state index contributed by atoms with van der Waals surface area (Å²) in [5, 5.41) is 13.6. The van der Waals surface area contributed by atoms with E-state index in [9.17, 15) is 9.65 Å². The zero-order valence-electron chi connectivity index (χ0n) is 11.7. The summed E-state index contributed by atoms with van der Waals surface area (Å²) in [7, 11) is 0. The van der Waals surface area contributed by atoms with Crippen molar-refractivity contribution < 1.29 is 4.39 Å². The molecule has 110 valence electrons. The number of aromatic nitrogens is 2. The van der Waals surface area contributed by atoms with E-state index in [-0.39, 0.29) is 17.0 Å². The molecule has 2 N–H and O–H groups in total. The Morgan fingerprint density at radius 3 is 2.73 bits per heavy atom. The van der Waals surface area contributed by atoms with Gasteiger partial charge in [-0.1, -0.05) is 23.7 Å². The normalized spacial score (nSPS) is 12.1. The number of nitrogens with zero attached hydrogens (tertiary/aromatic N) is 2. The second-order valence-electron chi connectivity index (χ2n) is 4.92. The zero-order valence-corrected chi connectivity index (χ0v) is 12.4. The van der Waals surface area contributed by atoms with E-state index in [1.807, 2.05) is 13.0 Å². The maximum absolute atomic E-state index is 13.0. The maximum Gasteiger partial charge on any atom is 0.151 e. The lowest BCUT2D eigenvalue weighted by atomic mass is 10.1. The van der Waals surface area contributed by atoms with E-state index in [0.29, 0.717) is 16.9 Å². The minimum Gasteiger partial charge on any atom is -0.377 e. The van der Waals surface area contributed by atoms with Crippen LogP contribution in [-0.2, 0) is 0 Å². The Hall–Kier alpha value is -2.58. The van der Waals surface area contributed by atoms with Crippen LogP contribution < -0.4 is 5.32 Å². The summed E-state index contributed by atoms with van der Waals surface area (Å²) in [5.74, 6) is -0.284. The fourth-order valence-corrected chi connectivity index (χ4v) is 2.57. The molecule has 6 heteroatoms. The van der Waals surface area contributed by atoms with Crippen LogP contribution in [0.4, 0.5) is 10.1 Å². The Labute approximate surface area is 131 Å². The third-order valence-electron chi connectivity index (χ3n) is 3.50. The Balaban J connectivity index is 2.04. The second kappa shape index (κ2) is 5.66. The number of anilines is 1. The van der Waals surface area contributed by atoms with Crippen molar-refractivity contribution in [1.29, 1.82) is 5.26 Å². The third-order valence-corrected chi connectivity index (χ3v) is 3.78. The van der Waals surface area contributed by atoms with Crippen LogP contribution in [0.25, 0.3) is 11.0 Å². The fourth-order valence-electron chi connectivity index (χ4n) is 2.35. The lowest BCUT2D eigenvalue weighted by Gasteiger charge is -2.18. The Morgan fingerprint density at radius 1 is 1.32 bits per heavy atom. The summed E-state index contributed by atoms with van der Waals surface area (Å²) in [6.45, 7) is 1.93. The van der Waals surface area contributed by atoms with Crippen LogP contribution in [-0.4, -0.2) is 9.97 Å². The van der Waals surface area contributed by atoms with Crippen LogP contribution in [0.1, 0.15) is 24.1 Å². The number of hydrogen-bond acceptors (Lipinski definition) is 3. The first-order valence-corrected chi connectivity index (χ1v) is 7.06. The van der Waals surface area contributed by atoms with Gasteiger partial charge in [0.2, 0.25) is 0 Å². The quantitative estimate of drug-likeness (QED) is 0.704. The van der Waals surface area contributed by atoms with E-state index in [1.165, 1.54) is 12.1 Å². The third kappa shape index (κ3) is 2.49. The van der Waals surface area contributed by atoms with Gasteiger partial charge in [0.15, 0.2) is 5.15 Å². The molecule has 0 radical (unpaired) electrons. The van der Waals surface area contributed by atoms with E-state index >= 15 is 0 Å². The molecule has 4 nitrogen and oxygen atoms in total. The van der Waals surface area contributed by atoms with Crippen molar-refractivity contribution in [3.8, 4) is 6.07 Å². The number of halogens is 2. The lowest BCUT2D eigenvalue weighted by Crippen LogP contribution is -2.09. The second-order valence-corrected chi connectivity index (χ2v) is 5.28. The van der Waals surface area contributed by atoms with Gasteiger partial charge in [0.25, 0.3) is 0 Å². The molecule has 22 heavy (non-hydrogen) atoms. The van der Waals surface area contributed by atoms with Crippen molar-refractivity contribution >= 4 is 28.3 Å². The van der Waals surface area contributed by atoms with Gasteiger partial charge in [0.05, 0.1) is 5.69 Å². The molecule has 2 heterocycles. The number of rotatable bonds is 3. The van der Waals surface area contributed by atoms with Crippen molar-refractivity contribution in [1.82, 2.24) is 9.97 Å². The van der Waals surface area contributed by atoms with Gasteiger partial charge in [-0.3, -0.25) is 0 Å². The van der Waals surface area contributed by atoms with Crippen LogP contribution in [0.2, 0.25) is 5.15 Å². The fraction of sp³-hybridized carbons (Fsp3) is 0.125. The summed E-state index contributed by atoms with van der Waals surface area (Å²) in [6, 6.07) is 10.0. The summed E-state index contributed by atoms with van der Waals surface area (Å²) in [4.78, 5) is 7.13. The number of fused-ring (bicyclic) bond motifs is 1. The standard InChI is InChI=1S/C16H12ClFN4/c1-9(10-2-4-11(18)5-3-10)21-14-12-6-7-20-16(12)22-15(17)13(14)8-19/h2-7,9H,1H3,(H2,20,21,22)/t9-/m0/s1. The van der Waals surface area contributed by atoms with Crippen LogP contribution in [0.3, 0.4) is 0 Å². The number of pyridine rings is 1. The molecule has 3 aromatic rings. The molecule has 0 bridgehead atoms. The molecule has 0 unspecified atom stereocenters. The van der Waals surface area contributed by atoms with Gasteiger partial charge < -0.3 is 10.3 Å². The highest BCUT2D eigenvalue weighted by atomic mass is 35.5. The summed E-state index contributed by atoms with van der Waals surface area (Å²) < 4.78 is 13.0. The minimum atomic E-state index is -0.284.